The lowest BCUT2D eigenvalue weighted by Gasteiger charge is -2.26. The minimum absolute atomic E-state index is 0.0512. The highest BCUT2D eigenvalue weighted by atomic mass is 35.5. The Hall–Kier alpha value is -2.83. The molecule has 32 heavy (non-hydrogen) atoms. The van der Waals surface area contributed by atoms with Crippen molar-refractivity contribution in [2.75, 3.05) is 20.3 Å². The molecule has 1 atom stereocenters. The molecule has 2 aromatic carbocycles. The number of nitrogens with zero attached hydrogens (tertiary/aromatic N) is 1. The van der Waals surface area contributed by atoms with Crippen LogP contribution in [-0.2, 0) is 14.3 Å². The molecule has 1 amide bonds. The van der Waals surface area contributed by atoms with Gasteiger partial charge in [0.2, 0.25) is 0 Å². The number of carbonyl (C=O) groups excluding carboxylic acids is 2. The van der Waals surface area contributed by atoms with Gasteiger partial charge in [-0.25, -0.2) is 0 Å². The molecule has 3 rings (SSSR count). The van der Waals surface area contributed by atoms with Crippen LogP contribution in [0.4, 0.5) is 0 Å². The van der Waals surface area contributed by atoms with Gasteiger partial charge < -0.3 is 19.5 Å². The molecule has 1 fully saturated rings. The molecular formula is C25H28ClNO5. The summed E-state index contributed by atoms with van der Waals surface area (Å²) in [5, 5.41) is 11.4. The Kier molecular flexibility index (Phi) is 7.59. The highest BCUT2D eigenvalue weighted by molar-refractivity contribution is 6.46. The van der Waals surface area contributed by atoms with Gasteiger partial charge in [-0.3, -0.25) is 9.59 Å². The maximum absolute atomic E-state index is 13.1. The highest BCUT2D eigenvalue weighted by Crippen LogP contribution is 2.41. The van der Waals surface area contributed by atoms with Crippen molar-refractivity contribution >= 4 is 29.1 Å². The second-order valence-corrected chi connectivity index (χ2v) is 8.38. The van der Waals surface area contributed by atoms with Crippen molar-refractivity contribution in [2.24, 2.45) is 0 Å². The average Bonchev–Trinajstić information content (AvgIpc) is 3.01. The van der Waals surface area contributed by atoms with Crippen molar-refractivity contribution in [1.82, 2.24) is 4.90 Å². The van der Waals surface area contributed by atoms with Gasteiger partial charge in [0.1, 0.15) is 11.5 Å². The fourth-order valence-electron chi connectivity index (χ4n) is 3.85. The molecule has 0 bridgehead atoms. The summed E-state index contributed by atoms with van der Waals surface area (Å²) in [5.74, 6) is -1.16. The summed E-state index contributed by atoms with van der Waals surface area (Å²) in [6, 6.07) is 11.6. The summed E-state index contributed by atoms with van der Waals surface area (Å²) in [7, 11) is 1.49. The zero-order valence-corrected chi connectivity index (χ0v) is 19.5. The number of amides is 1. The molecule has 7 heteroatoms. The average molecular weight is 458 g/mol. The maximum atomic E-state index is 13.1. The van der Waals surface area contributed by atoms with Crippen molar-refractivity contribution in [3.63, 3.8) is 0 Å². The van der Waals surface area contributed by atoms with Gasteiger partial charge in [-0.2, -0.15) is 0 Å². The Morgan fingerprint density at radius 1 is 1.19 bits per heavy atom. The Bertz CT molecular complexity index is 1050. The van der Waals surface area contributed by atoms with Crippen LogP contribution in [-0.4, -0.2) is 48.1 Å². The molecule has 2 aromatic rings. The van der Waals surface area contributed by atoms with Gasteiger partial charge in [-0.05, 0) is 56.5 Å². The van der Waals surface area contributed by atoms with E-state index in [0.29, 0.717) is 35.9 Å². The molecular weight excluding hydrogens is 430 g/mol. The number of likely N-dealkylation sites (tertiary alicyclic amines) is 1. The summed E-state index contributed by atoms with van der Waals surface area (Å²) in [6.07, 6.45) is 0.652. The monoisotopic (exact) mass is 457 g/mol. The van der Waals surface area contributed by atoms with Crippen LogP contribution in [0.3, 0.4) is 0 Å². The van der Waals surface area contributed by atoms with E-state index in [-0.39, 0.29) is 17.4 Å². The molecule has 170 valence electrons. The van der Waals surface area contributed by atoms with Crippen molar-refractivity contribution in [3.8, 4) is 5.75 Å². The van der Waals surface area contributed by atoms with Gasteiger partial charge in [0, 0.05) is 18.7 Å². The molecule has 1 unspecified atom stereocenters. The standard InChI is InChI=1S/C25H28ClNO5/c1-15(2)32-13-7-12-27-22(18-9-6-5-8-16(18)3)21(24(29)25(27)30)23(28)17-10-11-20(31-4)19(26)14-17/h5-6,8-11,14-15,22,28H,7,12-13H2,1-4H3/b23-21+. The van der Waals surface area contributed by atoms with Crippen LogP contribution in [0, 0.1) is 6.92 Å². The number of aryl methyl sites for hydroxylation is 1. The van der Waals surface area contributed by atoms with Crippen LogP contribution in [0.15, 0.2) is 48.0 Å². The summed E-state index contributed by atoms with van der Waals surface area (Å²) in [5.41, 5.74) is 2.10. The number of benzene rings is 2. The van der Waals surface area contributed by atoms with Crippen molar-refractivity contribution in [3.05, 3.63) is 69.8 Å². The molecule has 1 N–H and O–H groups in total. The highest BCUT2D eigenvalue weighted by Gasteiger charge is 2.46. The summed E-state index contributed by atoms with van der Waals surface area (Å²) in [6.45, 7) is 6.60. The van der Waals surface area contributed by atoms with Gasteiger partial charge in [-0.1, -0.05) is 35.9 Å². The number of hydrogen-bond donors (Lipinski definition) is 1. The van der Waals surface area contributed by atoms with E-state index in [9.17, 15) is 14.7 Å². The second-order valence-electron chi connectivity index (χ2n) is 7.97. The number of hydrogen-bond acceptors (Lipinski definition) is 5. The van der Waals surface area contributed by atoms with Crippen LogP contribution >= 0.6 is 11.6 Å². The van der Waals surface area contributed by atoms with E-state index in [1.54, 1.807) is 12.1 Å². The number of ether oxygens (including phenoxy) is 2. The number of aliphatic hydroxyl groups excluding tert-OH is 1. The number of rotatable bonds is 8. The van der Waals surface area contributed by atoms with Crippen molar-refractivity contribution < 1.29 is 24.2 Å². The van der Waals surface area contributed by atoms with Gasteiger partial charge >= 0.3 is 0 Å². The molecule has 1 aliphatic rings. The fraction of sp³-hybridized carbons (Fsp3) is 0.360. The van der Waals surface area contributed by atoms with E-state index in [0.717, 1.165) is 11.1 Å². The number of carbonyl (C=O) groups is 2. The largest absolute Gasteiger partial charge is 0.507 e. The second kappa shape index (κ2) is 10.2. The zero-order chi connectivity index (χ0) is 23.4. The molecule has 1 aliphatic heterocycles. The predicted octanol–water partition coefficient (Wildman–Crippen LogP) is 4.89. The zero-order valence-electron chi connectivity index (χ0n) is 18.7. The predicted molar refractivity (Wildman–Crippen MR) is 124 cm³/mol. The number of halogens is 1. The number of ketones is 1. The van der Waals surface area contributed by atoms with E-state index in [1.807, 2.05) is 45.0 Å². The van der Waals surface area contributed by atoms with Gasteiger partial charge in [0.25, 0.3) is 11.7 Å². The molecule has 0 aromatic heterocycles. The van der Waals surface area contributed by atoms with Crippen molar-refractivity contribution in [1.29, 1.82) is 0 Å². The summed E-state index contributed by atoms with van der Waals surface area (Å²) in [4.78, 5) is 27.6. The first-order valence-corrected chi connectivity index (χ1v) is 10.9. The third-order valence-corrected chi connectivity index (χ3v) is 5.74. The third-order valence-electron chi connectivity index (χ3n) is 5.44. The van der Waals surface area contributed by atoms with Gasteiger partial charge in [0.05, 0.1) is 29.9 Å². The minimum atomic E-state index is -0.715. The minimum Gasteiger partial charge on any atom is -0.507 e. The lowest BCUT2D eigenvalue weighted by molar-refractivity contribution is -0.140. The molecule has 0 aliphatic carbocycles. The molecule has 1 saturated heterocycles. The normalized spacial score (nSPS) is 17.9. The van der Waals surface area contributed by atoms with Crippen LogP contribution in [0.25, 0.3) is 5.76 Å². The Balaban J connectivity index is 2.07. The molecule has 6 nitrogen and oxygen atoms in total. The Morgan fingerprint density at radius 2 is 1.91 bits per heavy atom. The first kappa shape index (κ1) is 23.8. The summed E-state index contributed by atoms with van der Waals surface area (Å²) < 4.78 is 10.8. The van der Waals surface area contributed by atoms with Crippen LogP contribution < -0.4 is 4.74 Å². The SMILES string of the molecule is COc1ccc(/C(O)=C2\C(=O)C(=O)N(CCCOC(C)C)C2c2ccccc2C)cc1Cl. The number of methoxy groups -OCH3 is 1. The first-order chi connectivity index (χ1) is 15.3. The van der Waals surface area contributed by atoms with E-state index in [4.69, 9.17) is 21.1 Å². The third kappa shape index (κ3) is 4.81. The fourth-order valence-corrected chi connectivity index (χ4v) is 4.11. The van der Waals surface area contributed by atoms with E-state index in [2.05, 4.69) is 0 Å². The quantitative estimate of drug-likeness (QED) is 0.264. The Labute approximate surface area is 193 Å². The van der Waals surface area contributed by atoms with Crippen molar-refractivity contribution in [2.45, 2.75) is 39.3 Å². The topological polar surface area (TPSA) is 76.1 Å². The summed E-state index contributed by atoms with van der Waals surface area (Å²) >= 11 is 6.23. The van der Waals surface area contributed by atoms with Crippen LogP contribution in [0.2, 0.25) is 5.02 Å². The Morgan fingerprint density at radius 3 is 2.53 bits per heavy atom. The molecule has 0 radical (unpaired) electrons. The number of Topliss-reactive ketones (excluding diaryl/α,β-unsaturated/α-hetero) is 1. The van der Waals surface area contributed by atoms with E-state index < -0.39 is 17.7 Å². The molecule has 0 saturated carbocycles. The lowest BCUT2D eigenvalue weighted by Crippen LogP contribution is -2.31. The first-order valence-electron chi connectivity index (χ1n) is 10.6. The maximum Gasteiger partial charge on any atom is 0.295 e. The van der Waals surface area contributed by atoms with E-state index in [1.165, 1.54) is 18.1 Å². The van der Waals surface area contributed by atoms with Gasteiger partial charge in [-0.15, -0.1) is 0 Å². The number of aliphatic hydroxyl groups is 1. The molecule has 0 spiro atoms. The lowest BCUT2D eigenvalue weighted by atomic mass is 9.92. The van der Waals surface area contributed by atoms with Crippen LogP contribution in [0.5, 0.6) is 5.75 Å². The molecule has 1 heterocycles. The van der Waals surface area contributed by atoms with E-state index >= 15 is 0 Å². The smallest absolute Gasteiger partial charge is 0.295 e. The van der Waals surface area contributed by atoms with Gasteiger partial charge in [0.15, 0.2) is 0 Å². The van der Waals surface area contributed by atoms with Crippen LogP contribution in [0.1, 0.15) is 43.0 Å².